The minimum atomic E-state index is 0.125. The second-order valence-electron chi connectivity index (χ2n) is 8.91. The summed E-state index contributed by atoms with van der Waals surface area (Å²) in [5, 5.41) is 12.9. The van der Waals surface area contributed by atoms with Crippen LogP contribution in [0.2, 0.25) is 0 Å². The maximum absolute atomic E-state index is 12.3. The topological polar surface area (TPSA) is 72.3 Å². The molecule has 0 spiro atoms. The van der Waals surface area contributed by atoms with Gasteiger partial charge in [-0.25, -0.2) is 0 Å². The predicted octanol–water partition coefficient (Wildman–Crippen LogP) is 4.73. The number of rotatable bonds is 11. The molecule has 1 amide bonds. The molecule has 1 aliphatic rings. The van der Waals surface area contributed by atoms with Crippen LogP contribution in [-0.2, 0) is 4.79 Å². The van der Waals surface area contributed by atoms with Crippen molar-refractivity contribution in [1.29, 1.82) is 0 Å². The van der Waals surface area contributed by atoms with Crippen molar-refractivity contribution >= 4 is 17.7 Å². The molecule has 0 bridgehead atoms. The smallest absolute Gasteiger partial charge is 0.220 e. The number of nitrogens with zero attached hydrogens (tertiary/aromatic N) is 4. The Morgan fingerprint density at radius 3 is 2.66 bits per heavy atom. The average molecular weight is 494 g/mol. The molecule has 1 fully saturated rings. The third-order valence-electron chi connectivity index (χ3n) is 6.23. The Morgan fingerprint density at radius 2 is 1.89 bits per heavy atom. The van der Waals surface area contributed by atoms with E-state index < -0.39 is 0 Å². The van der Waals surface area contributed by atoms with Crippen molar-refractivity contribution in [2.75, 3.05) is 39.0 Å². The van der Waals surface area contributed by atoms with E-state index >= 15 is 0 Å². The largest absolute Gasteiger partial charge is 0.497 e. The van der Waals surface area contributed by atoms with Gasteiger partial charge in [0, 0.05) is 36.5 Å². The number of amides is 1. The van der Waals surface area contributed by atoms with Crippen LogP contribution in [-0.4, -0.2) is 64.6 Å². The minimum absolute atomic E-state index is 0.125. The van der Waals surface area contributed by atoms with Crippen LogP contribution < -0.4 is 10.1 Å². The molecule has 0 unspecified atom stereocenters. The van der Waals surface area contributed by atoms with Gasteiger partial charge >= 0.3 is 0 Å². The Kier molecular flexibility index (Phi) is 9.20. The summed E-state index contributed by atoms with van der Waals surface area (Å²) in [7, 11) is 1.66. The number of carbonyl (C=O) groups is 1. The van der Waals surface area contributed by atoms with E-state index in [0.29, 0.717) is 6.42 Å². The van der Waals surface area contributed by atoms with Gasteiger partial charge in [-0.2, -0.15) is 0 Å². The number of ether oxygens (including phenoxy) is 1. The van der Waals surface area contributed by atoms with Crippen LogP contribution in [0.4, 0.5) is 0 Å². The van der Waals surface area contributed by atoms with E-state index in [1.54, 1.807) is 18.9 Å². The number of hydrogen-bond donors (Lipinski definition) is 1. The highest BCUT2D eigenvalue weighted by atomic mass is 32.2. The number of aryl methyl sites for hydroxylation is 1. The number of likely N-dealkylation sites (tertiary alicyclic amines) is 1. The Labute approximate surface area is 212 Å². The van der Waals surface area contributed by atoms with Crippen molar-refractivity contribution in [2.45, 2.75) is 44.2 Å². The first-order valence-electron chi connectivity index (χ1n) is 12.4. The lowest BCUT2D eigenvalue weighted by molar-refractivity contribution is -0.121. The lowest BCUT2D eigenvalue weighted by Gasteiger charge is -2.26. The summed E-state index contributed by atoms with van der Waals surface area (Å²) >= 11 is 1.63. The van der Waals surface area contributed by atoms with E-state index in [4.69, 9.17) is 4.74 Å². The molecule has 1 N–H and O–H groups in total. The fourth-order valence-corrected chi connectivity index (χ4v) is 5.15. The van der Waals surface area contributed by atoms with Gasteiger partial charge in [0.15, 0.2) is 11.0 Å². The van der Waals surface area contributed by atoms with Crippen LogP contribution in [0.25, 0.3) is 17.1 Å². The van der Waals surface area contributed by atoms with Gasteiger partial charge in [-0.15, -0.1) is 10.2 Å². The van der Waals surface area contributed by atoms with Gasteiger partial charge in [-0.3, -0.25) is 9.36 Å². The highest BCUT2D eigenvalue weighted by molar-refractivity contribution is 7.99. The van der Waals surface area contributed by atoms with Crippen LogP contribution in [0.3, 0.4) is 0 Å². The molecule has 0 radical (unpaired) electrons. The molecule has 186 valence electrons. The number of carbonyl (C=O) groups excluding carboxylic acids is 1. The Hall–Kier alpha value is -2.84. The van der Waals surface area contributed by atoms with E-state index in [0.717, 1.165) is 66.3 Å². The summed E-state index contributed by atoms with van der Waals surface area (Å²) < 4.78 is 7.49. The quantitative estimate of drug-likeness (QED) is 0.308. The molecule has 7 nitrogen and oxygen atoms in total. The molecular formula is C27H35N5O2S. The van der Waals surface area contributed by atoms with Crippen molar-refractivity contribution in [3.05, 3.63) is 54.1 Å². The molecule has 0 aliphatic carbocycles. The Morgan fingerprint density at radius 1 is 1.09 bits per heavy atom. The molecule has 0 atom stereocenters. The van der Waals surface area contributed by atoms with Gasteiger partial charge in [-0.1, -0.05) is 48.0 Å². The second kappa shape index (κ2) is 12.7. The second-order valence-corrected chi connectivity index (χ2v) is 9.98. The molecular weight excluding hydrogens is 458 g/mol. The van der Waals surface area contributed by atoms with Crippen molar-refractivity contribution in [3.63, 3.8) is 0 Å². The van der Waals surface area contributed by atoms with Crippen LogP contribution in [0, 0.1) is 6.92 Å². The first kappa shape index (κ1) is 25.3. The number of aromatic nitrogens is 3. The zero-order valence-corrected chi connectivity index (χ0v) is 21.5. The van der Waals surface area contributed by atoms with Crippen molar-refractivity contribution in [1.82, 2.24) is 25.0 Å². The van der Waals surface area contributed by atoms with Gasteiger partial charge in [0.1, 0.15) is 5.75 Å². The molecule has 1 saturated heterocycles. The summed E-state index contributed by atoms with van der Waals surface area (Å²) in [6.45, 7) is 6.08. The lowest BCUT2D eigenvalue weighted by Crippen LogP contribution is -2.37. The van der Waals surface area contributed by atoms with Gasteiger partial charge < -0.3 is 15.0 Å². The number of thioether (sulfide) groups is 1. The normalized spacial score (nSPS) is 14.1. The van der Waals surface area contributed by atoms with Crippen LogP contribution in [0.5, 0.6) is 5.75 Å². The number of benzene rings is 2. The van der Waals surface area contributed by atoms with Crippen LogP contribution >= 0.6 is 11.8 Å². The third kappa shape index (κ3) is 7.08. The average Bonchev–Trinajstić information content (AvgIpc) is 3.31. The molecule has 0 saturated carbocycles. The molecule has 4 rings (SSSR count). The van der Waals surface area contributed by atoms with E-state index in [1.807, 2.05) is 24.3 Å². The first-order valence-corrected chi connectivity index (χ1v) is 13.4. The maximum Gasteiger partial charge on any atom is 0.220 e. The van der Waals surface area contributed by atoms with E-state index in [2.05, 4.69) is 56.2 Å². The van der Waals surface area contributed by atoms with Crippen molar-refractivity contribution in [2.24, 2.45) is 0 Å². The van der Waals surface area contributed by atoms with E-state index in [9.17, 15) is 4.79 Å². The molecule has 1 aliphatic heterocycles. The van der Waals surface area contributed by atoms with Crippen molar-refractivity contribution in [3.8, 4) is 22.8 Å². The summed E-state index contributed by atoms with van der Waals surface area (Å²) in [5.74, 6) is 2.47. The first-order chi connectivity index (χ1) is 17.1. The Bertz CT molecular complexity index is 1090. The van der Waals surface area contributed by atoms with Crippen molar-refractivity contribution < 1.29 is 9.53 Å². The fraction of sp³-hybridized carbons (Fsp3) is 0.444. The molecule has 2 aromatic carbocycles. The zero-order valence-electron chi connectivity index (χ0n) is 20.7. The summed E-state index contributed by atoms with van der Waals surface area (Å²) in [4.78, 5) is 14.7. The SMILES string of the molecule is COc1cccc(-c2nnc(SCCCC(=O)NCCN3CCCCC3)n2-c2ccc(C)cc2)c1. The van der Waals surface area contributed by atoms with Gasteiger partial charge in [0.05, 0.1) is 7.11 Å². The summed E-state index contributed by atoms with van der Waals surface area (Å²) in [6, 6.07) is 16.2. The van der Waals surface area contributed by atoms with Gasteiger partial charge in [0.25, 0.3) is 0 Å². The molecule has 8 heteroatoms. The fourth-order valence-electron chi connectivity index (χ4n) is 4.26. The highest BCUT2D eigenvalue weighted by Gasteiger charge is 2.17. The van der Waals surface area contributed by atoms with Crippen LogP contribution in [0.1, 0.15) is 37.7 Å². The zero-order chi connectivity index (χ0) is 24.5. The lowest BCUT2D eigenvalue weighted by atomic mass is 10.1. The Balaban J connectivity index is 1.36. The number of methoxy groups -OCH3 is 1. The molecule has 2 heterocycles. The highest BCUT2D eigenvalue weighted by Crippen LogP contribution is 2.30. The van der Waals surface area contributed by atoms with Crippen LogP contribution in [0.15, 0.2) is 53.7 Å². The standard InChI is InChI=1S/C27H35N5O2S/c1-21-11-13-23(14-12-21)32-26(22-8-6-9-24(20-22)34-2)29-30-27(32)35-19-7-10-25(33)28-15-18-31-16-4-3-5-17-31/h6,8-9,11-14,20H,3-5,7,10,15-19H2,1-2H3,(H,28,33). The maximum atomic E-state index is 12.3. The molecule has 1 aromatic heterocycles. The summed E-state index contributed by atoms with van der Waals surface area (Å²) in [6.07, 6.45) is 5.19. The molecule has 3 aromatic rings. The number of piperidine rings is 1. The third-order valence-corrected chi connectivity index (χ3v) is 7.25. The number of hydrogen-bond acceptors (Lipinski definition) is 6. The predicted molar refractivity (Wildman–Crippen MR) is 141 cm³/mol. The van der Waals surface area contributed by atoms with E-state index in [1.165, 1.54) is 24.8 Å². The minimum Gasteiger partial charge on any atom is -0.497 e. The monoisotopic (exact) mass is 493 g/mol. The molecule has 35 heavy (non-hydrogen) atoms. The van der Waals surface area contributed by atoms with E-state index in [-0.39, 0.29) is 5.91 Å². The van der Waals surface area contributed by atoms with Gasteiger partial charge in [0.2, 0.25) is 5.91 Å². The van der Waals surface area contributed by atoms with Gasteiger partial charge in [-0.05, 0) is 63.5 Å². The summed E-state index contributed by atoms with van der Waals surface area (Å²) in [5.41, 5.74) is 3.15. The number of nitrogens with one attached hydrogen (secondary N) is 1.